The van der Waals surface area contributed by atoms with Crippen molar-refractivity contribution in [2.24, 2.45) is 0 Å². The Morgan fingerprint density at radius 1 is 1.14 bits per heavy atom. The van der Waals surface area contributed by atoms with Crippen molar-refractivity contribution in [2.75, 3.05) is 11.9 Å². The maximum atomic E-state index is 6.46. The highest BCUT2D eigenvalue weighted by Gasteiger charge is 2.13. The Balaban J connectivity index is 2.37. The zero-order valence-electron chi connectivity index (χ0n) is 13.2. The largest absolute Gasteiger partial charge is 0.343 e. The fraction of sp³-hybridized carbons (Fsp3) is 0.333. The Morgan fingerprint density at radius 3 is 2.52 bits per heavy atom. The third-order valence-corrected chi connectivity index (χ3v) is 3.80. The lowest BCUT2D eigenvalue weighted by Gasteiger charge is -2.25. The van der Waals surface area contributed by atoms with Crippen LogP contribution in [0.15, 0.2) is 42.5 Å². The van der Waals surface area contributed by atoms with Gasteiger partial charge in [0.15, 0.2) is 0 Å². The quantitative estimate of drug-likeness (QED) is 0.844. The van der Waals surface area contributed by atoms with Crippen LogP contribution in [0.2, 0.25) is 5.02 Å². The number of halogens is 1. The van der Waals surface area contributed by atoms with Crippen LogP contribution in [0.25, 0.3) is 0 Å². The Morgan fingerprint density at radius 2 is 1.86 bits per heavy atom. The SMILES string of the molecule is Cc1cccc(N(C)c2c(Cl)cccc2CNC(C)C)c1. The standard InChI is InChI=1S/C18H23ClN2/c1-13(2)20-12-15-8-6-10-17(19)18(15)21(4)16-9-5-7-14(3)11-16/h5-11,13,20H,12H2,1-4H3. The monoisotopic (exact) mass is 302 g/mol. The fourth-order valence-corrected chi connectivity index (χ4v) is 2.68. The normalized spacial score (nSPS) is 11.0. The Hall–Kier alpha value is -1.51. The van der Waals surface area contributed by atoms with Gasteiger partial charge in [-0.2, -0.15) is 0 Å². The van der Waals surface area contributed by atoms with Crippen molar-refractivity contribution < 1.29 is 0 Å². The number of nitrogens with one attached hydrogen (secondary N) is 1. The molecule has 3 heteroatoms. The Labute approximate surface area is 132 Å². The molecule has 0 amide bonds. The number of rotatable bonds is 5. The van der Waals surface area contributed by atoms with Crippen LogP contribution < -0.4 is 10.2 Å². The molecule has 2 rings (SSSR count). The van der Waals surface area contributed by atoms with Crippen molar-refractivity contribution in [2.45, 2.75) is 33.4 Å². The maximum Gasteiger partial charge on any atom is 0.0646 e. The van der Waals surface area contributed by atoms with Crippen LogP contribution in [-0.2, 0) is 6.54 Å². The molecule has 112 valence electrons. The third kappa shape index (κ3) is 3.99. The van der Waals surface area contributed by atoms with E-state index in [4.69, 9.17) is 11.6 Å². The van der Waals surface area contributed by atoms with Crippen molar-refractivity contribution in [1.29, 1.82) is 0 Å². The van der Waals surface area contributed by atoms with E-state index >= 15 is 0 Å². The van der Waals surface area contributed by atoms with E-state index in [1.165, 1.54) is 11.1 Å². The van der Waals surface area contributed by atoms with Gasteiger partial charge < -0.3 is 10.2 Å². The van der Waals surface area contributed by atoms with Crippen LogP contribution in [0.5, 0.6) is 0 Å². The Bertz CT molecular complexity index is 608. The van der Waals surface area contributed by atoms with Crippen molar-refractivity contribution in [1.82, 2.24) is 5.32 Å². The van der Waals surface area contributed by atoms with E-state index in [9.17, 15) is 0 Å². The van der Waals surface area contributed by atoms with E-state index in [1.54, 1.807) is 0 Å². The van der Waals surface area contributed by atoms with Gasteiger partial charge in [0, 0.05) is 25.3 Å². The lowest BCUT2D eigenvalue weighted by atomic mass is 10.1. The van der Waals surface area contributed by atoms with Crippen LogP contribution in [0.3, 0.4) is 0 Å². The van der Waals surface area contributed by atoms with Crippen molar-refractivity contribution in [3.8, 4) is 0 Å². The second kappa shape index (κ2) is 6.97. The van der Waals surface area contributed by atoms with Gasteiger partial charge in [0.05, 0.1) is 10.7 Å². The molecule has 0 aliphatic carbocycles. The Kier molecular flexibility index (Phi) is 5.27. The van der Waals surface area contributed by atoms with E-state index in [-0.39, 0.29) is 0 Å². The van der Waals surface area contributed by atoms with Crippen LogP contribution in [0, 0.1) is 6.92 Å². The molecular formula is C18H23ClN2. The molecule has 0 aliphatic rings. The summed E-state index contributed by atoms with van der Waals surface area (Å²) >= 11 is 6.46. The molecule has 0 saturated heterocycles. The highest BCUT2D eigenvalue weighted by molar-refractivity contribution is 6.33. The van der Waals surface area contributed by atoms with E-state index in [0.29, 0.717) is 6.04 Å². The van der Waals surface area contributed by atoms with E-state index < -0.39 is 0 Å². The summed E-state index contributed by atoms with van der Waals surface area (Å²) in [6, 6.07) is 15.0. The van der Waals surface area contributed by atoms with Gasteiger partial charge in [-0.1, -0.05) is 49.7 Å². The molecule has 2 aromatic carbocycles. The molecule has 2 nitrogen and oxygen atoms in total. The highest BCUT2D eigenvalue weighted by Crippen LogP contribution is 2.34. The summed E-state index contributed by atoms with van der Waals surface area (Å²) in [6.07, 6.45) is 0. The number of aryl methyl sites for hydroxylation is 1. The summed E-state index contributed by atoms with van der Waals surface area (Å²) in [5, 5.41) is 4.24. The van der Waals surface area contributed by atoms with E-state index in [1.807, 2.05) is 12.1 Å². The molecule has 0 radical (unpaired) electrons. The average molecular weight is 303 g/mol. The maximum absolute atomic E-state index is 6.46. The summed E-state index contributed by atoms with van der Waals surface area (Å²) < 4.78 is 0. The summed E-state index contributed by atoms with van der Waals surface area (Å²) in [5.41, 5.74) is 4.67. The third-order valence-electron chi connectivity index (χ3n) is 3.50. The summed E-state index contributed by atoms with van der Waals surface area (Å²) in [6.45, 7) is 7.21. The number of hydrogen-bond donors (Lipinski definition) is 1. The fourth-order valence-electron chi connectivity index (χ4n) is 2.36. The van der Waals surface area contributed by atoms with Gasteiger partial charge in [-0.25, -0.2) is 0 Å². The van der Waals surface area contributed by atoms with Gasteiger partial charge in [0.1, 0.15) is 0 Å². The summed E-state index contributed by atoms with van der Waals surface area (Å²) in [7, 11) is 2.06. The molecule has 21 heavy (non-hydrogen) atoms. The molecule has 0 fully saturated rings. The number of nitrogens with zero attached hydrogens (tertiary/aromatic N) is 1. The average Bonchev–Trinajstić information content (AvgIpc) is 2.44. The lowest BCUT2D eigenvalue weighted by molar-refractivity contribution is 0.589. The number of anilines is 2. The van der Waals surface area contributed by atoms with Crippen LogP contribution >= 0.6 is 11.6 Å². The van der Waals surface area contributed by atoms with Gasteiger partial charge >= 0.3 is 0 Å². The van der Waals surface area contributed by atoms with Crippen molar-refractivity contribution in [3.05, 3.63) is 58.6 Å². The molecule has 0 aromatic heterocycles. The van der Waals surface area contributed by atoms with Crippen molar-refractivity contribution >= 4 is 23.0 Å². The first-order chi connectivity index (χ1) is 9.99. The molecular weight excluding hydrogens is 280 g/mol. The van der Waals surface area contributed by atoms with Gasteiger partial charge in [0.2, 0.25) is 0 Å². The van der Waals surface area contributed by atoms with E-state index in [0.717, 1.165) is 22.9 Å². The van der Waals surface area contributed by atoms with Crippen LogP contribution in [0.4, 0.5) is 11.4 Å². The van der Waals surface area contributed by atoms with Gasteiger partial charge in [-0.15, -0.1) is 0 Å². The minimum atomic E-state index is 0.445. The first-order valence-electron chi connectivity index (χ1n) is 7.30. The summed E-state index contributed by atoms with van der Waals surface area (Å²) in [5.74, 6) is 0. The topological polar surface area (TPSA) is 15.3 Å². The molecule has 1 N–H and O–H groups in total. The zero-order valence-corrected chi connectivity index (χ0v) is 13.9. The predicted octanol–water partition coefficient (Wildman–Crippen LogP) is 4.91. The molecule has 0 aliphatic heterocycles. The molecule has 0 unspecified atom stereocenters. The highest BCUT2D eigenvalue weighted by atomic mass is 35.5. The molecule has 2 aromatic rings. The minimum Gasteiger partial charge on any atom is -0.343 e. The van der Waals surface area contributed by atoms with E-state index in [2.05, 4.69) is 68.4 Å². The second-order valence-electron chi connectivity index (χ2n) is 5.68. The van der Waals surface area contributed by atoms with Gasteiger partial charge in [0.25, 0.3) is 0 Å². The van der Waals surface area contributed by atoms with Crippen LogP contribution in [0.1, 0.15) is 25.0 Å². The van der Waals surface area contributed by atoms with Gasteiger partial charge in [-0.05, 0) is 36.2 Å². The summed E-state index contributed by atoms with van der Waals surface area (Å²) in [4.78, 5) is 2.16. The first-order valence-corrected chi connectivity index (χ1v) is 7.68. The minimum absolute atomic E-state index is 0.445. The molecule has 0 bridgehead atoms. The smallest absolute Gasteiger partial charge is 0.0646 e. The first kappa shape index (κ1) is 15.9. The molecule has 0 heterocycles. The predicted molar refractivity (Wildman–Crippen MR) is 92.7 cm³/mol. The number of benzene rings is 2. The number of para-hydroxylation sites is 1. The lowest BCUT2D eigenvalue weighted by Crippen LogP contribution is -2.23. The molecule has 0 atom stereocenters. The van der Waals surface area contributed by atoms with Gasteiger partial charge in [-0.3, -0.25) is 0 Å². The number of hydrogen-bond acceptors (Lipinski definition) is 2. The van der Waals surface area contributed by atoms with Crippen molar-refractivity contribution in [3.63, 3.8) is 0 Å². The molecule has 0 spiro atoms. The molecule has 0 saturated carbocycles. The second-order valence-corrected chi connectivity index (χ2v) is 6.09. The zero-order chi connectivity index (χ0) is 15.4. The van der Waals surface area contributed by atoms with Crippen LogP contribution in [-0.4, -0.2) is 13.1 Å².